The number of nitrogens with one attached hydrogen (secondary N) is 1. The molecule has 1 aromatic heterocycles. The molecule has 0 fully saturated rings. The molecule has 0 bridgehead atoms. The Morgan fingerprint density at radius 3 is 2.81 bits per heavy atom. The van der Waals surface area contributed by atoms with Gasteiger partial charge in [0.25, 0.3) is 0 Å². The summed E-state index contributed by atoms with van der Waals surface area (Å²) < 4.78 is 0. The molecule has 0 radical (unpaired) electrons. The van der Waals surface area contributed by atoms with Crippen molar-refractivity contribution < 1.29 is 5.21 Å². The first-order valence-electron chi connectivity index (χ1n) is 7.77. The summed E-state index contributed by atoms with van der Waals surface area (Å²) in [4.78, 5) is 4.15. The van der Waals surface area contributed by atoms with Crippen LogP contribution < -0.4 is 11.1 Å². The first-order chi connectivity index (χ1) is 10.1. The van der Waals surface area contributed by atoms with E-state index >= 15 is 0 Å². The standard InChI is InChI=1S/C16H28N4O/c1-13(2)8-5-3-4-6-10-18-12-14-9-7-11-19-15(14)16(17)20-21/h7,9,11,13,18,21H,3-6,8,10,12H2,1-2H3,(H2,17,20). The number of unbranched alkanes of at least 4 members (excludes halogenated alkanes) is 3. The van der Waals surface area contributed by atoms with Gasteiger partial charge in [-0.1, -0.05) is 50.8 Å². The molecule has 0 aliphatic rings. The molecule has 1 aromatic rings. The number of pyridine rings is 1. The minimum Gasteiger partial charge on any atom is -0.409 e. The van der Waals surface area contributed by atoms with Gasteiger partial charge in [0.1, 0.15) is 5.69 Å². The van der Waals surface area contributed by atoms with Crippen LogP contribution in [0.5, 0.6) is 0 Å². The Bertz CT molecular complexity index is 432. The van der Waals surface area contributed by atoms with Gasteiger partial charge in [-0.2, -0.15) is 0 Å². The van der Waals surface area contributed by atoms with Crippen LogP contribution in [0.4, 0.5) is 0 Å². The van der Waals surface area contributed by atoms with Gasteiger partial charge in [-0.15, -0.1) is 0 Å². The number of nitrogens with two attached hydrogens (primary N) is 1. The van der Waals surface area contributed by atoms with Crippen molar-refractivity contribution in [2.24, 2.45) is 16.8 Å². The highest BCUT2D eigenvalue weighted by Gasteiger charge is 2.07. The lowest BCUT2D eigenvalue weighted by molar-refractivity contribution is 0.318. The third-order valence-electron chi connectivity index (χ3n) is 3.44. The molecule has 0 amide bonds. The minimum atomic E-state index is 0.0566. The lowest BCUT2D eigenvalue weighted by atomic mass is 10.0. The Hall–Kier alpha value is -1.62. The fourth-order valence-electron chi connectivity index (χ4n) is 2.24. The third-order valence-corrected chi connectivity index (χ3v) is 3.44. The maximum absolute atomic E-state index is 8.75. The molecular formula is C16H28N4O. The minimum absolute atomic E-state index is 0.0566. The number of amidine groups is 1. The summed E-state index contributed by atoms with van der Waals surface area (Å²) in [7, 11) is 0. The summed E-state index contributed by atoms with van der Waals surface area (Å²) >= 11 is 0. The largest absolute Gasteiger partial charge is 0.409 e. The van der Waals surface area contributed by atoms with Crippen LogP contribution in [-0.2, 0) is 6.54 Å². The van der Waals surface area contributed by atoms with E-state index in [1.165, 1.54) is 32.1 Å². The molecule has 0 aliphatic heterocycles. The summed E-state index contributed by atoms with van der Waals surface area (Å²) in [6.07, 6.45) is 8.05. The Morgan fingerprint density at radius 2 is 2.10 bits per heavy atom. The lowest BCUT2D eigenvalue weighted by Crippen LogP contribution is -2.21. The van der Waals surface area contributed by atoms with Crippen LogP contribution in [0.2, 0.25) is 0 Å². The number of rotatable bonds is 10. The third kappa shape index (κ3) is 7.09. The summed E-state index contributed by atoms with van der Waals surface area (Å²) in [5.41, 5.74) is 7.11. The van der Waals surface area contributed by atoms with Crippen molar-refractivity contribution in [3.8, 4) is 0 Å². The normalized spacial score (nSPS) is 12.0. The van der Waals surface area contributed by atoms with Crippen molar-refractivity contribution in [1.82, 2.24) is 10.3 Å². The topological polar surface area (TPSA) is 83.5 Å². The average molecular weight is 292 g/mol. The van der Waals surface area contributed by atoms with Crippen molar-refractivity contribution in [2.75, 3.05) is 6.54 Å². The Balaban J connectivity index is 2.21. The molecule has 0 aliphatic carbocycles. The molecule has 5 nitrogen and oxygen atoms in total. The van der Waals surface area contributed by atoms with Gasteiger partial charge in [0.05, 0.1) is 0 Å². The maximum Gasteiger partial charge on any atom is 0.189 e. The predicted molar refractivity (Wildman–Crippen MR) is 86.4 cm³/mol. The van der Waals surface area contributed by atoms with Gasteiger partial charge in [-0.05, 0) is 30.5 Å². The van der Waals surface area contributed by atoms with Gasteiger partial charge < -0.3 is 16.3 Å². The van der Waals surface area contributed by atoms with Crippen LogP contribution in [0.3, 0.4) is 0 Å². The molecule has 0 spiro atoms. The molecule has 1 heterocycles. The Labute approximate surface area is 127 Å². The highest BCUT2D eigenvalue weighted by atomic mass is 16.4. The van der Waals surface area contributed by atoms with E-state index in [0.29, 0.717) is 12.2 Å². The summed E-state index contributed by atoms with van der Waals surface area (Å²) in [5.74, 6) is 0.867. The molecule has 0 aromatic carbocycles. The monoisotopic (exact) mass is 292 g/mol. The van der Waals surface area contributed by atoms with Crippen LogP contribution in [-0.4, -0.2) is 22.6 Å². The first kappa shape index (κ1) is 17.4. The van der Waals surface area contributed by atoms with E-state index < -0.39 is 0 Å². The first-order valence-corrected chi connectivity index (χ1v) is 7.77. The molecule has 0 atom stereocenters. The van der Waals surface area contributed by atoms with Gasteiger partial charge in [-0.3, -0.25) is 4.98 Å². The van der Waals surface area contributed by atoms with Crippen LogP contribution in [0.15, 0.2) is 23.5 Å². The van der Waals surface area contributed by atoms with Crippen molar-refractivity contribution in [3.63, 3.8) is 0 Å². The second-order valence-electron chi connectivity index (χ2n) is 5.77. The fraction of sp³-hybridized carbons (Fsp3) is 0.625. The SMILES string of the molecule is CC(C)CCCCCCNCc1cccnc1/C(N)=N/O. The molecular weight excluding hydrogens is 264 g/mol. The summed E-state index contributed by atoms with van der Waals surface area (Å²) in [5, 5.41) is 15.2. The lowest BCUT2D eigenvalue weighted by Gasteiger charge is -2.09. The zero-order valence-corrected chi connectivity index (χ0v) is 13.2. The van der Waals surface area contributed by atoms with Crippen LogP contribution in [0.1, 0.15) is 57.2 Å². The zero-order chi connectivity index (χ0) is 15.5. The molecule has 4 N–H and O–H groups in total. The molecule has 1 rings (SSSR count). The quantitative estimate of drug-likeness (QED) is 0.203. The number of hydrogen-bond donors (Lipinski definition) is 3. The van der Waals surface area contributed by atoms with Crippen molar-refractivity contribution >= 4 is 5.84 Å². The predicted octanol–water partition coefficient (Wildman–Crippen LogP) is 2.87. The van der Waals surface area contributed by atoms with Crippen LogP contribution in [0, 0.1) is 5.92 Å². The highest BCUT2D eigenvalue weighted by molar-refractivity contribution is 5.96. The molecule has 0 unspecified atom stereocenters. The van der Waals surface area contributed by atoms with E-state index in [9.17, 15) is 0 Å². The summed E-state index contributed by atoms with van der Waals surface area (Å²) in [6.45, 7) is 6.21. The average Bonchev–Trinajstić information content (AvgIpc) is 2.49. The van der Waals surface area contributed by atoms with Gasteiger partial charge in [0.2, 0.25) is 0 Å². The zero-order valence-electron chi connectivity index (χ0n) is 13.2. The molecule has 118 valence electrons. The van der Waals surface area contributed by atoms with E-state index in [2.05, 4.69) is 29.3 Å². The Morgan fingerprint density at radius 1 is 1.33 bits per heavy atom. The second kappa shape index (κ2) is 10.2. The number of aromatic nitrogens is 1. The highest BCUT2D eigenvalue weighted by Crippen LogP contribution is 2.09. The number of nitrogens with zero attached hydrogens (tertiary/aromatic N) is 2. The number of hydrogen-bond acceptors (Lipinski definition) is 4. The van der Waals surface area contributed by atoms with E-state index in [4.69, 9.17) is 10.9 Å². The Kier molecular flexibility index (Phi) is 8.43. The van der Waals surface area contributed by atoms with Crippen molar-refractivity contribution in [2.45, 2.75) is 52.5 Å². The van der Waals surface area contributed by atoms with E-state index in [0.717, 1.165) is 18.0 Å². The van der Waals surface area contributed by atoms with Crippen molar-refractivity contribution in [3.05, 3.63) is 29.6 Å². The van der Waals surface area contributed by atoms with Gasteiger partial charge in [0.15, 0.2) is 5.84 Å². The maximum atomic E-state index is 8.75. The van der Waals surface area contributed by atoms with Crippen LogP contribution in [0.25, 0.3) is 0 Å². The van der Waals surface area contributed by atoms with E-state index in [1.807, 2.05) is 12.1 Å². The summed E-state index contributed by atoms with van der Waals surface area (Å²) in [6, 6.07) is 3.80. The molecule has 0 saturated heterocycles. The molecule has 5 heteroatoms. The van der Waals surface area contributed by atoms with E-state index in [-0.39, 0.29) is 5.84 Å². The van der Waals surface area contributed by atoms with Gasteiger partial charge in [0, 0.05) is 12.7 Å². The number of oxime groups is 1. The van der Waals surface area contributed by atoms with E-state index in [1.54, 1.807) is 6.20 Å². The fourth-order valence-corrected chi connectivity index (χ4v) is 2.24. The smallest absolute Gasteiger partial charge is 0.189 e. The van der Waals surface area contributed by atoms with Gasteiger partial charge >= 0.3 is 0 Å². The van der Waals surface area contributed by atoms with Crippen LogP contribution >= 0.6 is 0 Å². The molecule has 0 saturated carbocycles. The molecule has 21 heavy (non-hydrogen) atoms. The second-order valence-corrected chi connectivity index (χ2v) is 5.77. The van der Waals surface area contributed by atoms with Crippen molar-refractivity contribution in [1.29, 1.82) is 0 Å². The van der Waals surface area contributed by atoms with Gasteiger partial charge in [-0.25, -0.2) is 0 Å².